The molecular formula is C17H12BrFN5+. The highest BCUT2D eigenvalue weighted by molar-refractivity contribution is 9.05. The Kier molecular flexibility index (Phi) is 3.66. The van der Waals surface area contributed by atoms with Crippen LogP contribution in [0.1, 0.15) is 11.1 Å². The standard InChI is InChI=1S/C17H12BrFN5/c18-24-16(10-12-6-8-14(19)9-7-12)22-23-17(24)21-15(11-20-24)13-4-2-1-3-5-13/h1-9,11H,10H2/q+1. The van der Waals surface area contributed by atoms with Gasteiger partial charge in [0.2, 0.25) is 0 Å². The van der Waals surface area contributed by atoms with E-state index in [0.717, 1.165) is 16.8 Å². The van der Waals surface area contributed by atoms with Gasteiger partial charge < -0.3 is 0 Å². The number of halogens is 2. The number of rotatable bonds is 3. The molecule has 0 saturated heterocycles. The van der Waals surface area contributed by atoms with Crippen LogP contribution in [-0.2, 0) is 6.42 Å². The normalized spacial score (nSPS) is 21.8. The van der Waals surface area contributed by atoms with E-state index in [2.05, 4.69) is 36.4 Å². The van der Waals surface area contributed by atoms with Gasteiger partial charge in [0.1, 0.15) is 17.7 Å². The summed E-state index contributed by atoms with van der Waals surface area (Å²) in [5.41, 5.74) is 2.63. The van der Waals surface area contributed by atoms with Gasteiger partial charge in [-0.05, 0) is 21.3 Å². The summed E-state index contributed by atoms with van der Waals surface area (Å²) >= 11 is 3.56. The van der Waals surface area contributed by atoms with Crippen LogP contribution in [0.2, 0.25) is 0 Å². The van der Waals surface area contributed by atoms with Gasteiger partial charge >= 0.3 is 5.96 Å². The Morgan fingerprint density at radius 1 is 0.958 bits per heavy atom. The second-order valence-corrected chi connectivity index (χ2v) is 6.41. The van der Waals surface area contributed by atoms with E-state index < -0.39 is 0 Å². The molecule has 5 nitrogen and oxygen atoms in total. The highest BCUT2D eigenvalue weighted by Crippen LogP contribution is 2.30. The minimum absolute atomic E-state index is 0.0826. The molecule has 1 unspecified atom stereocenters. The molecule has 2 aliphatic heterocycles. The summed E-state index contributed by atoms with van der Waals surface area (Å²) in [5, 5.41) is 12.9. The van der Waals surface area contributed by atoms with E-state index in [-0.39, 0.29) is 9.44 Å². The van der Waals surface area contributed by atoms with Crippen molar-refractivity contribution in [1.82, 2.24) is 0 Å². The second kappa shape index (κ2) is 5.85. The Morgan fingerprint density at radius 3 is 2.46 bits per heavy atom. The molecule has 0 saturated carbocycles. The zero-order chi connectivity index (χ0) is 16.6. The van der Waals surface area contributed by atoms with Crippen LogP contribution in [0.5, 0.6) is 0 Å². The fourth-order valence-electron chi connectivity index (χ4n) is 2.49. The van der Waals surface area contributed by atoms with Gasteiger partial charge in [-0.1, -0.05) is 57.8 Å². The number of benzene rings is 2. The van der Waals surface area contributed by atoms with E-state index in [9.17, 15) is 4.39 Å². The Balaban J connectivity index is 1.59. The molecule has 2 heterocycles. The van der Waals surface area contributed by atoms with Crippen molar-refractivity contribution in [3.05, 3.63) is 71.5 Å². The van der Waals surface area contributed by atoms with Crippen molar-refractivity contribution in [2.45, 2.75) is 6.42 Å². The van der Waals surface area contributed by atoms with Crippen molar-refractivity contribution in [2.24, 2.45) is 20.3 Å². The number of guanidine groups is 1. The SMILES string of the molecule is Fc1ccc(CC2=NN=C3N=C(c4ccccc4)C=N[N+]23Br)cc1. The molecule has 0 aliphatic carbocycles. The maximum absolute atomic E-state index is 13.0. The summed E-state index contributed by atoms with van der Waals surface area (Å²) in [6.07, 6.45) is 2.20. The van der Waals surface area contributed by atoms with E-state index in [1.807, 2.05) is 30.3 Å². The van der Waals surface area contributed by atoms with Gasteiger partial charge in [-0.15, -0.1) is 0 Å². The van der Waals surface area contributed by atoms with Gasteiger partial charge in [-0.2, -0.15) is 4.99 Å². The summed E-state index contributed by atoms with van der Waals surface area (Å²) in [4.78, 5) is 4.56. The van der Waals surface area contributed by atoms with Crippen LogP contribution in [0.25, 0.3) is 0 Å². The number of hydrogen-bond acceptors (Lipinski definition) is 4. The number of nitrogens with zero attached hydrogens (tertiary/aromatic N) is 5. The number of aliphatic imine (C=N–C) groups is 1. The van der Waals surface area contributed by atoms with Crippen molar-refractivity contribution in [3.63, 3.8) is 0 Å². The lowest BCUT2D eigenvalue weighted by Gasteiger charge is -2.20. The monoisotopic (exact) mass is 384 g/mol. The van der Waals surface area contributed by atoms with Crippen molar-refractivity contribution in [1.29, 1.82) is 0 Å². The molecule has 0 spiro atoms. The molecule has 118 valence electrons. The second-order valence-electron chi connectivity index (χ2n) is 5.38. The fraction of sp³-hybridized carbons (Fsp3) is 0.0588. The van der Waals surface area contributed by atoms with Gasteiger partial charge in [-0.3, -0.25) is 0 Å². The molecule has 0 radical (unpaired) electrons. The number of quaternary nitrogens is 1. The minimum Gasteiger partial charge on any atom is -0.207 e. The molecule has 0 aromatic heterocycles. The Labute approximate surface area is 146 Å². The van der Waals surface area contributed by atoms with E-state index in [1.165, 1.54) is 12.1 Å². The molecule has 4 rings (SSSR count). The molecule has 2 aromatic rings. The molecule has 0 amide bonds. The van der Waals surface area contributed by atoms with Crippen LogP contribution in [0.15, 0.2) is 74.9 Å². The maximum Gasteiger partial charge on any atom is 0.393 e. The first kappa shape index (κ1) is 15.0. The molecule has 2 aromatic carbocycles. The minimum atomic E-state index is -0.264. The first-order valence-corrected chi connectivity index (χ1v) is 8.04. The third kappa shape index (κ3) is 2.61. The number of amidine groups is 1. The Bertz CT molecular complexity index is 902. The maximum atomic E-state index is 13.0. The molecule has 24 heavy (non-hydrogen) atoms. The molecule has 2 aliphatic rings. The van der Waals surface area contributed by atoms with Crippen molar-refractivity contribution < 1.29 is 8.01 Å². The van der Waals surface area contributed by atoms with Crippen LogP contribution in [0.3, 0.4) is 0 Å². The average molecular weight is 385 g/mol. The zero-order valence-electron chi connectivity index (χ0n) is 12.5. The fourth-order valence-corrected chi connectivity index (χ4v) is 2.93. The Morgan fingerprint density at radius 2 is 1.71 bits per heavy atom. The van der Waals surface area contributed by atoms with Crippen LogP contribution in [-0.4, -0.2) is 27.3 Å². The highest BCUT2D eigenvalue weighted by Gasteiger charge is 2.47. The first-order chi connectivity index (χ1) is 11.6. The van der Waals surface area contributed by atoms with Crippen molar-refractivity contribution in [2.75, 3.05) is 0 Å². The first-order valence-electron chi connectivity index (χ1n) is 7.34. The van der Waals surface area contributed by atoms with Gasteiger partial charge in [0.15, 0.2) is 0 Å². The van der Waals surface area contributed by atoms with Crippen LogP contribution in [0.4, 0.5) is 4.39 Å². The predicted molar refractivity (Wildman–Crippen MR) is 95.6 cm³/mol. The largest absolute Gasteiger partial charge is 0.393 e. The summed E-state index contributed by atoms with van der Waals surface area (Å²) in [6, 6.07) is 16.1. The topological polar surface area (TPSA) is 49.4 Å². The zero-order valence-corrected chi connectivity index (χ0v) is 14.1. The molecule has 0 N–H and O–H groups in total. The van der Waals surface area contributed by atoms with Crippen molar-refractivity contribution in [3.8, 4) is 0 Å². The summed E-state index contributed by atoms with van der Waals surface area (Å²) < 4.78 is 13.0. The van der Waals surface area contributed by atoms with E-state index in [4.69, 9.17) is 0 Å². The molecule has 0 fully saturated rings. The van der Waals surface area contributed by atoms with E-state index in [1.54, 1.807) is 18.3 Å². The third-order valence-corrected chi connectivity index (χ3v) is 4.68. The van der Waals surface area contributed by atoms with Crippen molar-refractivity contribution >= 4 is 39.9 Å². The van der Waals surface area contributed by atoms with E-state index in [0.29, 0.717) is 18.2 Å². The van der Waals surface area contributed by atoms with Crippen LogP contribution >= 0.6 is 16.1 Å². The average Bonchev–Trinajstić information content (AvgIpc) is 2.93. The molecule has 1 atom stereocenters. The Hall–Kier alpha value is -2.51. The molecular weight excluding hydrogens is 373 g/mol. The van der Waals surface area contributed by atoms with Gasteiger partial charge in [0, 0.05) is 5.56 Å². The predicted octanol–water partition coefficient (Wildman–Crippen LogP) is 3.67. The van der Waals surface area contributed by atoms with Gasteiger partial charge in [-0.25, -0.2) is 4.39 Å². The van der Waals surface area contributed by atoms with Gasteiger partial charge in [0.05, 0.1) is 6.42 Å². The number of hydrogen-bond donors (Lipinski definition) is 0. The molecule has 0 bridgehead atoms. The summed E-state index contributed by atoms with van der Waals surface area (Å²) in [5.74, 6) is 0.858. The number of fused-ring (bicyclic) bond motifs is 1. The summed E-state index contributed by atoms with van der Waals surface area (Å²) in [6.45, 7) is 0. The molecule has 7 heteroatoms. The highest BCUT2D eigenvalue weighted by atomic mass is 79.9. The quantitative estimate of drug-likeness (QED) is 0.725. The van der Waals surface area contributed by atoms with Gasteiger partial charge in [0.25, 0.3) is 22.0 Å². The smallest absolute Gasteiger partial charge is 0.207 e. The lowest BCUT2D eigenvalue weighted by Crippen LogP contribution is -2.44. The van der Waals surface area contributed by atoms with Crippen LogP contribution < -0.4 is 0 Å². The van der Waals surface area contributed by atoms with E-state index >= 15 is 0 Å². The summed E-state index contributed by atoms with van der Waals surface area (Å²) in [7, 11) is 0. The van der Waals surface area contributed by atoms with Crippen LogP contribution in [0, 0.1) is 5.82 Å². The lowest BCUT2D eigenvalue weighted by molar-refractivity contribution is -0.579. The lowest BCUT2D eigenvalue weighted by atomic mass is 10.1. The third-order valence-electron chi connectivity index (χ3n) is 3.77.